The van der Waals surface area contributed by atoms with Gasteiger partial charge in [0.2, 0.25) is 0 Å². The fourth-order valence-corrected chi connectivity index (χ4v) is 4.39. The second-order valence-corrected chi connectivity index (χ2v) is 7.29. The molecule has 5 nitrogen and oxygen atoms in total. The summed E-state index contributed by atoms with van der Waals surface area (Å²) in [7, 11) is 1.74. The maximum atomic E-state index is 12.2. The van der Waals surface area contributed by atoms with Gasteiger partial charge in [-0.2, -0.15) is 0 Å². The zero-order valence-corrected chi connectivity index (χ0v) is 15.1. The molecule has 1 unspecified atom stereocenters. The van der Waals surface area contributed by atoms with Crippen molar-refractivity contribution in [3.8, 4) is 0 Å². The fourth-order valence-electron chi connectivity index (χ4n) is 4.39. The molecule has 0 radical (unpaired) electrons. The van der Waals surface area contributed by atoms with Gasteiger partial charge in [0.25, 0.3) is 0 Å². The Morgan fingerprint density at radius 2 is 1.80 bits per heavy atom. The molecule has 0 N–H and O–H groups in total. The number of benzene rings is 1. The monoisotopic (exact) mass is 346 g/mol. The number of carbonyl (C=O) groups is 1. The van der Waals surface area contributed by atoms with E-state index in [9.17, 15) is 4.79 Å². The SMILES string of the molecule is COC12CCCCCCOCc3c(C)c4c(c(c3C1)CO2)COC4=O. The number of esters is 1. The summed E-state index contributed by atoms with van der Waals surface area (Å²) in [5, 5.41) is 0. The number of methoxy groups -OCH3 is 1. The van der Waals surface area contributed by atoms with E-state index in [0.717, 1.165) is 60.1 Å². The second-order valence-electron chi connectivity index (χ2n) is 7.29. The topological polar surface area (TPSA) is 54.0 Å². The van der Waals surface area contributed by atoms with Crippen LogP contribution >= 0.6 is 0 Å². The summed E-state index contributed by atoms with van der Waals surface area (Å²) >= 11 is 0. The average Bonchev–Trinajstić information content (AvgIpc) is 3.00. The normalized spacial score (nSPS) is 26.4. The molecule has 0 saturated carbocycles. The first kappa shape index (κ1) is 17.0. The Morgan fingerprint density at radius 1 is 0.960 bits per heavy atom. The lowest BCUT2D eigenvalue weighted by atomic mass is 9.83. The minimum absolute atomic E-state index is 0.221. The van der Waals surface area contributed by atoms with Crippen molar-refractivity contribution >= 4 is 5.97 Å². The smallest absolute Gasteiger partial charge is 0.339 e. The summed E-state index contributed by atoms with van der Waals surface area (Å²) in [6, 6.07) is 0. The molecular formula is C20H26O5. The zero-order chi connectivity index (χ0) is 17.4. The summed E-state index contributed by atoms with van der Waals surface area (Å²) in [6.07, 6.45) is 6.09. The Kier molecular flexibility index (Phi) is 4.56. The highest BCUT2D eigenvalue weighted by molar-refractivity contribution is 5.96. The third-order valence-electron chi connectivity index (χ3n) is 5.91. The molecule has 2 bridgehead atoms. The van der Waals surface area contributed by atoms with Gasteiger partial charge in [0, 0.05) is 32.1 Å². The lowest BCUT2D eigenvalue weighted by Gasteiger charge is -2.39. The molecule has 0 amide bonds. The minimum atomic E-state index is -0.564. The molecule has 0 fully saturated rings. The number of fused-ring (bicyclic) bond motifs is 3. The fraction of sp³-hybridized carbons (Fsp3) is 0.650. The van der Waals surface area contributed by atoms with E-state index in [0.29, 0.717) is 26.2 Å². The van der Waals surface area contributed by atoms with Gasteiger partial charge in [-0.15, -0.1) is 0 Å². The van der Waals surface area contributed by atoms with Gasteiger partial charge >= 0.3 is 5.97 Å². The van der Waals surface area contributed by atoms with Crippen LogP contribution < -0.4 is 0 Å². The number of carbonyl (C=O) groups excluding carboxylic acids is 1. The summed E-state index contributed by atoms with van der Waals surface area (Å²) in [5.74, 6) is -0.785. The van der Waals surface area contributed by atoms with E-state index < -0.39 is 5.79 Å². The first-order valence-corrected chi connectivity index (χ1v) is 9.25. The Balaban J connectivity index is 1.83. The predicted molar refractivity (Wildman–Crippen MR) is 91.3 cm³/mol. The minimum Gasteiger partial charge on any atom is -0.457 e. The molecule has 1 aromatic carbocycles. The molecule has 0 aromatic heterocycles. The van der Waals surface area contributed by atoms with Crippen LogP contribution in [-0.4, -0.2) is 25.5 Å². The highest BCUT2D eigenvalue weighted by Gasteiger charge is 2.40. The Hall–Kier alpha value is -1.43. The Morgan fingerprint density at radius 3 is 2.64 bits per heavy atom. The van der Waals surface area contributed by atoms with E-state index in [1.165, 1.54) is 12.0 Å². The molecule has 0 aliphatic carbocycles. The molecule has 136 valence electrons. The molecule has 1 aromatic rings. The van der Waals surface area contributed by atoms with Crippen LogP contribution in [0.1, 0.15) is 70.3 Å². The van der Waals surface area contributed by atoms with Crippen LogP contribution in [0, 0.1) is 6.92 Å². The molecule has 0 spiro atoms. The van der Waals surface area contributed by atoms with Crippen molar-refractivity contribution < 1.29 is 23.7 Å². The van der Waals surface area contributed by atoms with E-state index in [4.69, 9.17) is 18.9 Å². The van der Waals surface area contributed by atoms with Crippen LogP contribution in [0.3, 0.4) is 0 Å². The van der Waals surface area contributed by atoms with E-state index in [1.54, 1.807) is 7.11 Å². The maximum Gasteiger partial charge on any atom is 0.339 e. The van der Waals surface area contributed by atoms with Gasteiger partial charge in [0.05, 0.1) is 18.8 Å². The zero-order valence-electron chi connectivity index (χ0n) is 15.1. The molecule has 0 saturated heterocycles. The number of rotatable bonds is 1. The summed E-state index contributed by atoms with van der Waals surface area (Å²) in [4.78, 5) is 12.2. The van der Waals surface area contributed by atoms with Crippen molar-refractivity contribution in [1.82, 2.24) is 0 Å². The van der Waals surface area contributed by atoms with Crippen molar-refractivity contribution in [3.63, 3.8) is 0 Å². The van der Waals surface area contributed by atoms with Crippen molar-refractivity contribution in [1.29, 1.82) is 0 Å². The van der Waals surface area contributed by atoms with Gasteiger partial charge in [-0.05, 0) is 42.0 Å². The van der Waals surface area contributed by atoms with Crippen LogP contribution in [-0.2, 0) is 45.2 Å². The van der Waals surface area contributed by atoms with Gasteiger partial charge in [0.15, 0.2) is 5.79 Å². The van der Waals surface area contributed by atoms with Crippen LogP contribution in [0.5, 0.6) is 0 Å². The van der Waals surface area contributed by atoms with Crippen LogP contribution in [0.2, 0.25) is 0 Å². The molecule has 4 rings (SSSR count). The van der Waals surface area contributed by atoms with Gasteiger partial charge in [-0.25, -0.2) is 4.79 Å². The van der Waals surface area contributed by atoms with E-state index in [1.807, 2.05) is 6.92 Å². The summed E-state index contributed by atoms with van der Waals surface area (Å²) < 4.78 is 23.3. The standard InChI is InChI=1S/C20H26O5/c1-13-15-10-23-8-6-4-3-5-7-20(22-2)9-14(15)16(12-25-20)17-11-24-19(21)18(13)17/h3-12H2,1-2H3. The Bertz CT molecular complexity index is 696. The van der Waals surface area contributed by atoms with Gasteiger partial charge in [0.1, 0.15) is 6.61 Å². The highest BCUT2D eigenvalue weighted by Crippen LogP contribution is 2.41. The number of ether oxygens (including phenoxy) is 4. The number of hydrogen-bond acceptors (Lipinski definition) is 5. The molecule has 3 aliphatic heterocycles. The molecule has 25 heavy (non-hydrogen) atoms. The lowest BCUT2D eigenvalue weighted by Crippen LogP contribution is -2.41. The predicted octanol–water partition coefficient (Wildman–Crippen LogP) is 3.56. The van der Waals surface area contributed by atoms with Crippen molar-refractivity contribution in [2.75, 3.05) is 13.7 Å². The lowest BCUT2D eigenvalue weighted by molar-refractivity contribution is -0.240. The molecule has 3 aliphatic rings. The molecule has 5 heteroatoms. The van der Waals surface area contributed by atoms with Crippen LogP contribution in [0.25, 0.3) is 0 Å². The van der Waals surface area contributed by atoms with Crippen molar-refractivity contribution in [2.45, 2.75) is 71.1 Å². The number of cyclic esters (lactones) is 1. The van der Waals surface area contributed by atoms with E-state index in [2.05, 4.69) is 0 Å². The van der Waals surface area contributed by atoms with Gasteiger partial charge in [-0.1, -0.05) is 12.8 Å². The second kappa shape index (κ2) is 6.71. The third-order valence-corrected chi connectivity index (χ3v) is 5.91. The molecule has 3 heterocycles. The summed E-state index contributed by atoms with van der Waals surface area (Å²) in [5.41, 5.74) is 6.19. The molecule has 1 atom stereocenters. The van der Waals surface area contributed by atoms with Crippen LogP contribution in [0.4, 0.5) is 0 Å². The average molecular weight is 346 g/mol. The largest absolute Gasteiger partial charge is 0.457 e. The van der Waals surface area contributed by atoms with E-state index in [-0.39, 0.29) is 5.97 Å². The van der Waals surface area contributed by atoms with Crippen LogP contribution in [0.15, 0.2) is 0 Å². The number of hydrogen-bond donors (Lipinski definition) is 0. The van der Waals surface area contributed by atoms with Gasteiger partial charge in [-0.3, -0.25) is 0 Å². The Labute approximate surface area is 148 Å². The first-order valence-electron chi connectivity index (χ1n) is 9.25. The summed E-state index contributed by atoms with van der Waals surface area (Å²) in [6.45, 7) is 4.13. The quantitative estimate of drug-likeness (QED) is 0.728. The first-order chi connectivity index (χ1) is 12.2. The van der Waals surface area contributed by atoms with Crippen molar-refractivity contribution in [3.05, 3.63) is 33.4 Å². The maximum absolute atomic E-state index is 12.2. The van der Waals surface area contributed by atoms with Crippen molar-refractivity contribution in [2.24, 2.45) is 0 Å². The highest BCUT2D eigenvalue weighted by atomic mass is 16.7. The van der Waals surface area contributed by atoms with Gasteiger partial charge < -0.3 is 18.9 Å². The third kappa shape index (κ3) is 2.88. The molecular weight excluding hydrogens is 320 g/mol. The van der Waals surface area contributed by atoms with E-state index >= 15 is 0 Å².